The molecule has 0 aliphatic heterocycles. The molecule has 0 aliphatic rings. The van der Waals surface area contributed by atoms with Crippen molar-refractivity contribution in [2.75, 3.05) is 19.6 Å². The molecule has 1 atom stereocenters. The molecular weight excluding hydrogens is 210 g/mol. The van der Waals surface area contributed by atoms with E-state index in [-0.39, 0.29) is 6.42 Å². The number of carboxylic acid groups (broad SMARTS) is 2. The molecule has 90 valence electrons. The summed E-state index contributed by atoms with van der Waals surface area (Å²) in [4.78, 5) is 22.7. The molecule has 0 spiro atoms. The lowest BCUT2D eigenvalue weighted by atomic mass is 10.1. The van der Waals surface area contributed by atoms with Crippen molar-refractivity contribution in [3.05, 3.63) is 0 Å². The smallest absolute Gasteiger partial charge is 0.307 e. The lowest BCUT2D eigenvalue weighted by Gasteiger charge is -2.21. The van der Waals surface area contributed by atoms with Crippen molar-refractivity contribution >= 4 is 11.9 Å². The van der Waals surface area contributed by atoms with Gasteiger partial charge in [-0.1, -0.05) is 12.8 Å². The van der Waals surface area contributed by atoms with Gasteiger partial charge in [-0.15, -0.1) is 6.42 Å². The standard InChI is InChI=1S/C11H17NO4/c1-3-6-12(7-4-5-10(13)14)8-9(2)11(15)16/h1,9H,4-8H2,2H3,(H,13,14)(H,15,16). The van der Waals surface area contributed by atoms with Crippen LogP contribution in [0.25, 0.3) is 0 Å². The van der Waals surface area contributed by atoms with E-state index in [1.54, 1.807) is 11.8 Å². The number of hydrogen-bond acceptors (Lipinski definition) is 3. The van der Waals surface area contributed by atoms with Crippen molar-refractivity contribution in [1.29, 1.82) is 0 Å². The minimum atomic E-state index is -0.875. The van der Waals surface area contributed by atoms with Crippen LogP contribution >= 0.6 is 0 Å². The minimum absolute atomic E-state index is 0.0719. The van der Waals surface area contributed by atoms with Gasteiger partial charge in [0.1, 0.15) is 0 Å². The number of carbonyl (C=O) groups is 2. The van der Waals surface area contributed by atoms with Gasteiger partial charge in [0.15, 0.2) is 0 Å². The summed E-state index contributed by atoms with van der Waals surface area (Å²) >= 11 is 0. The van der Waals surface area contributed by atoms with Gasteiger partial charge in [-0.25, -0.2) is 0 Å². The van der Waals surface area contributed by atoms with E-state index < -0.39 is 17.9 Å². The lowest BCUT2D eigenvalue weighted by Crippen LogP contribution is -2.33. The summed E-state index contributed by atoms with van der Waals surface area (Å²) in [5.41, 5.74) is 0. The number of hydrogen-bond donors (Lipinski definition) is 2. The minimum Gasteiger partial charge on any atom is -0.481 e. The Kier molecular flexibility index (Phi) is 6.97. The molecule has 1 unspecified atom stereocenters. The Morgan fingerprint density at radius 2 is 2.06 bits per heavy atom. The lowest BCUT2D eigenvalue weighted by molar-refractivity contribution is -0.142. The zero-order valence-electron chi connectivity index (χ0n) is 9.35. The zero-order valence-corrected chi connectivity index (χ0v) is 9.35. The molecule has 0 heterocycles. The highest BCUT2D eigenvalue weighted by Gasteiger charge is 2.15. The monoisotopic (exact) mass is 227 g/mol. The Morgan fingerprint density at radius 3 is 2.50 bits per heavy atom. The van der Waals surface area contributed by atoms with Crippen LogP contribution in [0.3, 0.4) is 0 Å². The molecule has 0 aromatic heterocycles. The van der Waals surface area contributed by atoms with Crippen LogP contribution in [0, 0.1) is 18.3 Å². The Hall–Kier alpha value is -1.54. The van der Waals surface area contributed by atoms with Crippen LogP contribution in [0.4, 0.5) is 0 Å². The third-order valence-electron chi connectivity index (χ3n) is 2.13. The van der Waals surface area contributed by atoms with E-state index in [4.69, 9.17) is 16.6 Å². The van der Waals surface area contributed by atoms with E-state index in [2.05, 4.69) is 5.92 Å². The molecule has 0 amide bonds. The van der Waals surface area contributed by atoms with E-state index in [1.165, 1.54) is 0 Å². The largest absolute Gasteiger partial charge is 0.481 e. The average Bonchev–Trinajstić information content (AvgIpc) is 2.17. The van der Waals surface area contributed by atoms with Gasteiger partial charge in [0, 0.05) is 13.0 Å². The third kappa shape index (κ3) is 6.85. The van der Waals surface area contributed by atoms with Crippen molar-refractivity contribution in [2.24, 2.45) is 5.92 Å². The highest BCUT2D eigenvalue weighted by molar-refractivity contribution is 5.69. The third-order valence-corrected chi connectivity index (χ3v) is 2.13. The molecular formula is C11H17NO4. The summed E-state index contributed by atoms with van der Waals surface area (Å²) in [6, 6.07) is 0. The second-order valence-electron chi connectivity index (χ2n) is 3.68. The Morgan fingerprint density at radius 1 is 1.44 bits per heavy atom. The van der Waals surface area contributed by atoms with Crippen LogP contribution < -0.4 is 0 Å². The fraction of sp³-hybridized carbons (Fsp3) is 0.636. The Labute approximate surface area is 95.1 Å². The van der Waals surface area contributed by atoms with E-state index >= 15 is 0 Å². The quantitative estimate of drug-likeness (QED) is 0.591. The van der Waals surface area contributed by atoms with E-state index in [1.807, 2.05) is 0 Å². The van der Waals surface area contributed by atoms with Crippen molar-refractivity contribution in [1.82, 2.24) is 4.90 Å². The number of carboxylic acids is 2. The molecule has 0 fully saturated rings. The molecule has 5 heteroatoms. The van der Waals surface area contributed by atoms with Gasteiger partial charge >= 0.3 is 11.9 Å². The first-order chi connectivity index (χ1) is 7.47. The highest BCUT2D eigenvalue weighted by Crippen LogP contribution is 2.02. The van der Waals surface area contributed by atoms with E-state index in [9.17, 15) is 9.59 Å². The summed E-state index contributed by atoms with van der Waals surface area (Å²) < 4.78 is 0. The van der Waals surface area contributed by atoms with Crippen LogP contribution in [-0.2, 0) is 9.59 Å². The molecule has 0 aromatic carbocycles. The molecule has 0 saturated carbocycles. The fourth-order valence-electron chi connectivity index (χ4n) is 1.28. The second kappa shape index (κ2) is 7.71. The fourth-order valence-corrected chi connectivity index (χ4v) is 1.28. The number of aliphatic carboxylic acids is 2. The summed E-state index contributed by atoms with van der Waals surface area (Å²) in [5.74, 6) is 0.205. The summed E-state index contributed by atoms with van der Waals surface area (Å²) in [6.07, 6.45) is 5.70. The predicted octanol–water partition coefficient (Wildman–Crippen LogP) is 0.507. The zero-order chi connectivity index (χ0) is 12.6. The molecule has 0 radical (unpaired) electrons. The maximum absolute atomic E-state index is 10.6. The highest BCUT2D eigenvalue weighted by atomic mass is 16.4. The van der Waals surface area contributed by atoms with Crippen molar-refractivity contribution in [3.8, 4) is 12.3 Å². The van der Waals surface area contributed by atoms with E-state index in [0.717, 1.165) is 0 Å². The van der Waals surface area contributed by atoms with Crippen molar-refractivity contribution in [2.45, 2.75) is 19.8 Å². The van der Waals surface area contributed by atoms with Gasteiger partial charge in [-0.2, -0.15) is 0 Å². The van der Waals surface area contributed by atoms with Gasteiger partial charge < -0.3 is 10.2 Å². The van der Waals surface area contributed by atoms with Crippen LogP contribution in [0.5, 0.6) is 0 Å². The van der Waals surface area contributed by atoms with Crippen LogP contribution in [0.15, 0.2) is 0 Å². The normalized spacial score (nSPS) is 12.1. The number of terminal acetylenes is 1. The predicted molar refractivity (Wildman–Crippen MR) is 58.9 cm³/mol. The summed E-state index contributed by atoms with van der Waals surface area (Å²) in [6.45, 7) is 2.80. The molecule has 0 bridgehead atoms. The van der Waals surface area contributed by atoms with Gasteiger partial charge in [-0.05, 0) is 13.0 Å². The topological polar surface area (TPSA) is 77.8 Å². The van der Waals surface area contributed by atoms with Gasteiger partial charge in [0.05, 0.1) is 12.5 Å². The summed E-state index contributed by atoms with van der Waals surface area (Å²) in [7, 11) is 0. The van der Waals surface area contributed by atoms with Crippen LogP contribution in [-0.4, -0.2) is 46.7 Å². The van der Waals surface area contributed by atoms with Gasteiger partial charge in [0.2, 0.25) is 0 Å². The molecule has 2 N–H and O–H groups in total. The van der Waals surface area contributed by atoms with Crippen molar-refractivity contribution < 1.29 is 19.8 Å². The maximum Gasteiger partial charge on any atom is 0.307 e. The number of nitrogens with zero attached hydrogens (tertiary/aromatic N) is 1. The van der Waals surface area contributed by atoms with E-state index in [0.29, 0.717) is 26.1 Å². The SMILES string of the molecule is C#CCN(CCCC(=O)O)CC(C)C(=O)O. The van der Waals surface area contributed by atoms with Crippen LogP contribution in [0.1, 0.15) is 19.8 Å². The van der Waals surface area contributed by atoms with Crippen molar-refractivity contribution in [3.63, 3.8) is 0 Å². The molecule has 0 aliphatic carbocycles. The molecule has 16 heavy (non-hydrogen) atoms. The molecule has 0 aromatic rings. The summed E-state index contributed by atoms with van der Waals surface area (Å²) in [5, 5.41) is 17.2. The molecule has 0 saturated heterocycles. The maximum atomic E-state index is 10.6. The first-order valence-electron chi connectivity index (χ1n) is 5.07. The Bertz CT molecular complexity index is 282. The molecule has 0 rings (SSSR count). The number of rotatable bonds is 8. The van der Waals surface area contributed by atoms with Gasteiger partial charge in [0.25, 0.3) is 0 Å². The van der Waals surface area contributed by atoms with Gasteiger partial charge in [-0.3, -0.25) is 14.5 Å². The Balaban J connectivity index is 4.02. The second-order valence-corrected chi connectivity index (χ2v) is 3.68. The first-order valence-corrected chi connectivity index (χ1v) is 5.07. The molecule has 5 nitrogen and oxygen atoms in total. The average molecular weight is 227 g/mol. The first kappa shape index (κ1) is 14.5. The van der Waals surface area contributed by atoms with Crippen LogP contribution in [0.2, 0.25) is 0 Å².